The number of aromatic nitrogens is 2. The number of hydrogen-bond donors (Lipinski definition) is 0. The van der Waals surface area contributed by atoms with Gasteiger partial charge in [0.2, 0.25) is 0 Å². The predicted molar refractivity (Wildman–Crippen MR) is 65.0 cm³/mol. The quantitative estimate of drug-likeness (QED) is 0.520. The Hall–Kier alpha value is -1.62. The van der Waals surface area contributed by atoms with Crippen LogP contribution >= 0.6 is 0 Å². The molecular formula is C14H9N2NaO2. The number of carboxylic acids is 1. The number of nitrogens with zero attached hydrogens (tertiary/aromatic N) is 2. The molecule has 2 heterocycles. The number of carbonyl (C=O) groups is 1. The van der Waals surface area contributed by atoms with E-state index in [9.17, 15) is 9.90 Å². The number of pyridine rings is 1. The maximum atomic E-state index is 10.8. The number of rotatable bonds is 2. The summed E-state index contributed by atoms with van der Waals surface area (Å²) in [5.74, 6) is -1.27. The monoisotopic (exact) mass is 260 g/mol. The Kier molecular flexibility index (Phi) is 4.04. The molecule has 1 aromatic carbocycles. The van der Waals surface area contributed by atoms with E-state index in [1.54, 1.807) is 10.7 Å². The second kappa shape index (κ2) is 5.57. The van der Waals surface area contributed by atoms with Crippen LogP contribution in [0.3, 0.4) is 0 Å². The molecule has 0 aliphatic rings. The van der Waals surface area contributed by atoms with Crippen LogP contribution in [0.5, 0.6) is 0 Å². The summed E-state index contributed by atoms with van der Waals surface area (Å²) in [6.45, 7) is 0. The van der Waals surface area contributed by atoms with E-state index in [0.29, 0.717) is 0 Å². The van der Waals surface area contributed by atoms with E-state index in [-0.39, 0.29) is 35.3 Å². The van der Waals surface area contributed by atoms with Gasteiger partial charge in [-0.1, -0.05) is 36.4 Å². The summed E-state index contributed by atoms with van der Waals surface area (Å²) in [5, 5.41) is 14.8. The van der Waals surface area contributed by atoms with Crippen molar-refractivity contribution in [2.75, 3.05) is 0 Å². The minimum atomic E-state index is -1.27. The molecule has 0 saturated heterocycles. The van der Waals surface area contributed by atoms with Crippen molar-refractivity contribution in [3.63, 3.8) is 0 Å². The molecule has 2 aromatic heterocycles. The van der Waals surface area contributed by atoms with Gasteiger partial charge in [0.05, 0.1) is 11.5 Å². The summed E-state index contributed by atoms with van der Waals surface area (Å²) in [5.41, 5.74) is 2.66. The van der Waals surface area contributed by atoms with Gasteiger partial charge in [-0.2, -0.15) is 5.10 Å². The van der Waals surface area contributed by atoms with Crippen molar-refractivity contribution in [1.29, 1.82) is 0 Å². The molecule has 3 aromatic rings. The van der Waals surface area contributed by atoms with Crippen molar-refractivity contribution in [2.24, 2.45) is 0 Å². The van der Waals surface area contributed by atoms with Gasteiger partial charge in [-0.3, -0.25) is 0 Å². The van der Waals surface area contributed by atoms with E-state index in [4.69, 9.17) is 0 Å². The standard InChI is InChI=1S/C14H10N2O2.Na/c17-14(18)12-9-13-11(7-4-8-16(13)15-12)10-5-2-1-3-6-10;/h1-9H,(H,17,18);/q;+1/p-1. The first-order chi connectivity index (χ1) is 8.75. The van der Waals surface area contributed by atoms with Crippen molar-refractivity contribution in [1.82, 2.24) is 9.61 Å². The predicted octanol–water partition coefficient (Wildman–Crippen LogP) is -1.63. The van der Waals surface area contributed by atoms with Gasteiger partial charge >= 0.3 is 29.6 Å². The van der Waals surface area contributed by atoms with E-state index in [1.807, 2.05) is 42.5 Å². The van der Waals surface area contributed by atoms with Crippen LogP contribution in [0.25, 0.3) is 16.6 Å². The number of benzene rings is 1. The molecule has 0 saturated carbocycles. The van der Waals surface area contributed by atoms with Gasteiger partial charge < -0.3 is 9.90 Å². The molecule has 0 unspecified atom stereocenters. The average Bonchev–Trinajstić information content (AvgIpc) is 2.83. The van der Waals surface area contributed by atoms with Crippen molar-refractivity contribution in [3.8, 4) is 11.1 Å². The van der Waals surface area contributed by atoms with Crippen LogP contribution in [0.15, 0.2) is 54.7 Å². The van der Waals surface area contributed by atoms with Gasteiger partial charge in [-0.25, -0.2) is 4.52 Å². The number of aromatic carboxylic acids is 1. The first kappa shape index (κ1) is 13.8. The molecule has 0 aliphatic carbocycles. The zero-order valence-electron chi connectivity index (χ0n) is 10.4. The minimum absolute atomic E-state index is 0. The van der Waals surface area contributed by atoms with E-state index in [0.717, 1.165) is 16.6 Å². The Morgan fingerprint density at radius 1 is 1.11 bits per heavy atom. The number of hydrogen-bond acceptors (Lipinski definition) is 3. The SMILES string of the molecule is O=C([O-])c1cc2c(-c3ccccc3)cccn2n1.[Na+]. The van der Waals surface area contributed by atoms with Crippen LogP contribution in [0.4, 0.5) is 0 Å². The smallest absolute Gasteiger partial charge is 0.543 e. The van der Waals surface area contributed by atoms with Crippen LogP contribution in [-0.4, -0.2) is 15.6 Å². The van der Waals surface area contributed by atoms with E-state index in [2.05, 4.69) is 5.10 Å². The third-order valence-electron chi connectivity index (χ3n) is 2.80. The van der Waals surface area contributed by atoms with Gasteiger partial charge in [0, 0.05) is 11.8 Å². The second-order valence-electron chi connectivity index (χ2n) is 3.93. The fourth-order valence-electron chi connectivity index (χ4n) is 1.98. The largest absolute Gasteiger partial charge is 1.00 e. The van der Waals surface area contributed by atoms with Gasteiger partial charge in [-0.15, -0.1) is 0 Å². The molecule has 3 rings (SSSR count). The summed E-state index contributed by atoms with van der Waals surface area (Å²) in [6, 6.07) is 15.1. The van der Waals surface area contributed by atoms with Crippen molar-refractivity contribution < 1.29 is 39.5 Å². The molecule has 88 valence electrons. The van der Waals surface area contributed by atoms with E-state index >= 15 is 0 Å². The molecule has 0 bridgehead atoms. The molecule has 0 spiro atoms. The molecule has 5 heteroatoms. The number of fused-ring (bicyclic) bond motifs is 1. The topological polar surface area (TPSA) is 57.4 Å². The van der Waals surface area contributed by atoms with Gasteiger partial charge in [0.1, 0.15) is 5.69 Å². The van der Waals surface area contributed by atoms with Gasteiger partial charge in [-0.05, 0) is 17.7 Å². The van der Waals surface area contributed by atoms with Crippen LogP contribution < -0.4 is 34.7 Å². The normalized spacial score (nSPS) is 10.1. The summed E-state index contributed by atoms with van der Waals surface area (Å²) in [4.78, 5) is 10.8. The number of carboxylic acid groups (broad SMARTS) is 1. The molecule has 0 atom stereocenters. The Morgan fingerprint density at radius 2 is 1.84 bits per heavy atom. The Labute approximate surface area is 132 Å². The fourth-order valence-corrected chi connectivity index (χ4v) is 1.98. The van der Waals surface area contributed by atoms with Crippen LogP contribution in [0.1, 0.15) is 10.5 Å². The van der Waals surface area contributed by atoms with Gasteiger partial charge in [0.15, 0.2) is 0 Å². The maximum Gasteiger partial charge on any atom is 1.00 e. The molecular weight excluding hydrogens is 251 g/mol. The summed E-state index contributed by atoms with van der Waals surface area (Å²) >= 11 is 0. The first-order valence-corrected chi connectivity index (χ1v) is 5.51. The molecule has 0 radical (unpaired) electrons. The van der Waals surface area contributed by atoms with Crippen LogP contribution in [0, 0.1) is 0 Å². The van der Waals surface area contributed by atoms with Crippen LogP contribution in [-0.2, 0) is 0 Å². The zero-order chi connectivity index (χ0) is 12.5. The van der Waals surface area contributed by atoms with Crippen molar-refractivity contribution >= 4 is 11.5 Å². The Balaban J connectivity index is 0.00000133. The molecule has 0 aliphatic heterocycles. The van der Waals surface area contributed by atoms with Crippen molar-refractivity contribution in [3.05, 3.63) is 60.4 Å². The maximum absolute atomic E-state index is 10.8. The third kappa shape index (κ3) is 2.56. The third-order valence-corrected chi connectivity index (χ3v) is 2.80. The van der Waals surface area contributed by atoms with E-state index < -0.39 is 5.97 Å². The zero-order valence-corrected chi connectivity index (χ0v) is 12.4. The molecule has 19 heavy (non-hydrogen) atoms. The summed E-state index contributed by atoms with van der Waals surface area (Å²) in [7, 11) is 0. The van der Waals surface area contributed by atoms with E-state index in [1.165, 1.54) is 6.07 Å². The molecule has 4 nitrogen and oxygen atoms in total. The summed E-state index contributed by atoms with van der Waals surface area (Å²) < 4.78 is 1.55. The summed E-state index contributed by atoms with van der Waals surface area (Å²) in [6.07, 6.45) is 1.72. The molecule has 0 N–H and O–H groups in total. The fraction of sp³-hybridized carbons (Fsp3) is 0. The average molecular weight is 260 g/mol. The number of carbonyl (C=O) groups excluding carboxylic acids is 1. The second-order valence-corrected chi connectivity index (χ2v) is 3.93. The minimum Gasteiger partial charge on any atom is -0.543 e. The molecule has 0 amide bonds. The van der Waals surface area contributed by atoms with Crippen molar-refractivity contribution in [2.45, 2.75) is 0 Å². The first-order valence-electron chi connectivity index (χ1n) is 5.51. The Bertz CT molecular complexity index is 723. The van der Waals surface area contributed by atoms with Gasteiger partial charge in [0.25, 0.3) is 0 Å². The van der Waals surface area contributed by atoms with Crippen LogP contribution in [0.2, 0.25) is 0 Å². The Morgan fingerprint density at radius 3 is 2.53 bits per heavy atom. The molecule has 0 fully saturated rings.